The van der Waals surface area contributed by atoms with Gasteiger partial charge in [-0.15, -0.1) is 0 Å². The van der Waals surface area contributed by atoms with Gasteiger partial charge < -0.3 is 34.9 Å². The van der Waals surface area contributed by atoms with E-state index in [4.69, 9.17) is 24.1 Å². The SMILES string of the molecule is O=C(O)C(F)(F)F.O=C1N[C@H]2CN(CC[C@H]2c2ccc(F)cc2)C(=O)C2(CNCCO2)COC/C=C/CC12CCOCC2. The summed E-state index contributed by atoms with van der Waals surface area (Å²) in [6, 6.07) is 6.17. The number of carboxylic acid groups (broad SMARTS) is 1. The van der Waals surface area contributed by atoms with Gasteiger partial charge >= 0.3 is 12.1 Å². The maximum atomic E-state index is 13.9. The highest BCUT2D eigenvalue weighted by atomic mass is 19.4. The molecule has 1 aromatic rings. The topological polar surface area (TPSA) is 126 Å². The third-order valence-electron chi connectivity index (χ3n) is 8.37. The highest BCUT2D eigenvalue weighted by molar-refractivity contribution is 5.87. The highest BCUT2D eigenvalue weighted by Crippen LogP contribution is 2.37. The zero-order valence-electron chi connectivity index (χ0n) is 23.7. The summed E-state index contributed by atoms with van der Waals surface area (Å²) in [6.07, 6.45) is 1.39. The van der Waals surface area contributed by atoms with E-state index in [-0.39, 0.29) is 36.2 Å². The lowest BCUT2D eigenvalue weighted by Crippen LogP contribution is -2.65. The zero-order valence-corrected chi connectivity index (χ0v) is 23.7. The van der Waals surface area contributed by atoms with Gasteiger partial charge in [-0.05, 0) is 43.4 Å². The minimum atomic E-state index is -5.08. The van der Waals surface area contributed by atoms with Crippen molar-refractivity contribution in [2.45, 2.75) is 49.4 Å². The van der Waals surface area contributed by atoms with Crippen molar-refractivity contribution in [2.24, 2.45) is 5.41 Å². The van der Waals surface area contributed by atoms with Crippen LogP contribution in [0.25, 0.3) is 0 Å². The number of hydrogen-bond acceptors (Lipinski definition) is 7. The molecule has 2 amide bonds. The summed E-state index contributed by atoms with van der Waals surface area (Å²) in [5, 5.41) is 13.7. The summed E-state index contributed by atoms with van der Waals surface area (Å²) < 4.78 is 63.0. The lowest BCUT2D eigenvalue weighted by atomic mass is 9.75. The Morgan fingerprint density at radius 2 is 1.74 bits per heavy atom. The normalized spacial score (nSPS) is 29.2. The van der Waals surface area contributed by atoms with Crippen LogP contribution in [0.4, 0.5) is 17.6 Å². The first kappa shape index (κ1) is 32.8. The number of nitrogens with one attached hydrogen (secondary N) is 2. The third-order valence-corrected chi connectivity index (χ3v) is 8.37. The molecule has 43 heavy (non-hydrogen) atoms. The van der Waals surface area contributed by atoms with Crippen molar-refractivity contribution in [1.82, 2.24) is 15.5 Å². The largest absolute Gasteiger partial charge is 0.490 e. The lowest BCUT2D eigenvalue weighted by Gasteiger charge is -2.45. The average Bonchev–Trinajstić information content (AvgIpc) is 2.99. The standard InChI is InChI=1S/C27H36FN3O5.C2HF3O2/c28-21-5-3-20(4-6-21)22-7-12-31-17-23(22)30-24(32)26(9-14-34-15-10-26)8-1-2-13-35-19-27(25(31)33)18-29-11-16-36-27;3-2(4,5)1(6)7/h1-6,22-23,29H,7-19H2,(H,30,32);(H,6,7)/b2-1+;/t22-,23-,27?;/m0./s1. The quantitative estimate of drug-likeness (QED) is 0.325. The Balaban J connectivity index is 0.000000541. The van der Waals surface area contributed by atoms with Crippen molar-refractivity contribution in [1.29, 1.82) is 0 Å². The maximum Gasteiger partial charge on any atom is 0.490 e. The molecule has 1 unspecified atom stereocenters. The van der Waals surface area contributed by atoms with Gasteiger partial charge in [-0.3, -0.25) is 9.59 Å². The van der Waals surface area contributed by atoms with Crippen molar-refractivity contribution in [3.05, 3.63) is 47.8 Å². The Hall–Kier alpha value is -3.07. The van der Waals surface area contributed by atoms with Crippen LogP contribution in [0.15, 0.2) is 36.4 Å². The molecule has 4 heterocycles. The molecule has 10 nitrogen and oxygen atoms in total. The second kappa shape index (κ2) is 14.1. The van der Waals surface area contributed by atoms with E-state index in [1.54, 1.807) is 17.0 Å². The van der Waals surface area contributed by atoms with E-state index in [1.165, 1.54) is 12.1 Å². The van der Waals surface area contributed by atoms with Crippen LogP contribution in [0.3, 0.4) is 0 Å². The fraction of sp³-hybridized carbons (Fsp3) is 0.621. The Morgan fingerprint density at radius 1 is 1.05 bits per heavy atom. The zero-order chi connectivity index (χ0) is 31.1. The molecular weight excluding hydrogens is 578 g/mol. The number of hydrogen-bond donors (Lipinski definition) is 3. The van der Waals surface area contributed by atoms with Gasteiger partial charge in [-0.2, -0.15) is 13.2 Å². The van der Waals surface area contributed by atoms with Crippen LogP contribution < -0.4 is 10.6 Å². The summed E-state index contributed by atoms with van der Waals surface area (Å²) in [6.45, 7) is 3.99. The number of carboxylic acids is 1. The first-order valence-corrected chi connectivity index (χ1v) is 14.3. The van der Waals surface area contributed by atoms with Gasteiger partial charge in [0.05, 0.1) is 31.3 Å². The number of fused-ring (bicyclic) bond motifs is 2. The molecule has 2 bridgehead atoms. The van der Waals surface area contributed by atoms with Crippen LogP contribution in [0, 0.1) is 11.2 Å². The molecular formula is C29H37F4N3O7. The first-order chi connectivity index (χ1) is 20.5. The van der Waals surface area contributed by atoms with Crippen LogP contribution in [0.5, 0.6) is 0 Å². The second-order valence-corrected chi connectivity index (χ2v) is 11.2. The number of nitrogens with zero attached hydrogens (tertiary/aromatic N) is 1. The van der Waals surface area contributed by atoms with Crippen LogP contribution in [0.2, 0.25) is 0 Å². The van der Waals surface area contributed by atoms with Crippen LogP contribution >= 0.6 is 0 Å². The molecule has 3 fully saturated rings. The number of aliphatic carboxylic acids is 1. The Kier molecular flexibility index (Phi) is 10.8. The van der Waals surface area contributed by atoms with Crippen molar-refractivity contribution >= 4 is 17.8 Å². The summed E-state index contributed by atoms with van der Waals surface area (Å²) in [5.41, 5.74) is -0.685. The van der Waals surface area contributed by atoms with Crippen molar-refractivity contribution in [3.63, 3.8) is 0 Å². The highest BCUT2D eigenvalue weighted by Gasteiger charge is 2.48. The molecule has 14 heteroatoms. The number of piperidine rings is 1. The number of allylic oxidation sites excluding steroid dienone is 1. The molecule has 3 saturated heterocycles. The van der Waals surface area contributed by atoms with E-state index >= 15 is 0 Å². The van der Waals surface area contributed by atoms with Gasteiger partial charge in [0, 0.05) is 45.3 Å². The van der Waals surface area contributed by atoms with E-state index in [0.29, 0.717) is 78.3 Å². The van der Waals surface area contributed by atoms with E-state index in [0.717, 1.165) is 5.56 Å². The number of morpholine rings is 1. The summed E-state index contributed by atoms with van der Waals surface area (Å²) in [5.74, 6) is -3.21. The van der Waals surface area contributed by atoms with E-state index in [2.05, 4.69) is 10.6 Å². The Morgan fingerprint density at radius 3 is 2.37 bits per heavy atom. The average molecular weight is 616 g/mol. The van der Waals surface area contributed by atoms with Crippen molar-refractivity contribution in [3.8, 4) is 0 Å². The fourth-order valence-electron chi connectivity index (χ4n) is 5.91. The second-order valence-electron chi connectivity index (χ2n) is 11.2. The molecule has 238 valence electrons. The summed E-state index contributed by atoms with van der Waals surface area (Å²) in [4.78, 5) is 38.4. The molecule has 0 aliphatic carbocycles. The smallest absolute Gasteiger partial charge is 0.475 e. The number of carbonyl (C=O) groups excluding carboxylic acids is 2. The Labute approximate surface area is 246 Å². The third kappa shape index (κ3) is 8.11. The predicted octanol–water partition coefficient (Wildman–Crippen LogP) is 2.39. The van der Waals surface area contributed by atoms with Gasteiger partial charge in [0.1, 0.15) is 5.82 Å². The first-order valence-electron chi connectivity index (χ1n) is 14.3. The number of benzene rings is 1. The van der Waals surface area contributed by atoms with E-state index < -0.39 is 23.2 Å². The van der Waals surface area contributed by atoms with E-state index in [9.17, 15) is 27.2 Å². The molecule has 3 atom stereocenters. The van der Waals surface area contributed by atoms with Gasteiger partial charge in [0.25, 0.3) is 5.91 Å². The van der Waals surface area contributed by atoms with Crippen molar-refractivity contribution < 1.29 is 51.3 Å². The molecule has 0 saturated carbocycles. The van der Waals surface area contributed by atoms with Gasteiger partial charge in [-0.25, -0.2) is 9.18 Å². The molecule has 4 aliphatic rings. The number of amides is 2. The number of carbonyl (C=O) groups is 3. The minimum absolute atomic E-state index is 0.00913. The number of rotatable bonds is 1. The van der Waals surface area contributed by atoms with Gasteiger partial charge in [0.15, 0.2) is 5.60 Å². The molecule has 0 aromatic heterocycles. The number of halogens is 4. The van der Waals surface area contributed by atoms with Crippen LogP contribution in [-0.2, 0) is 28.6 Å². The maximum absolute atomic E-state index is 13.9. The molecule has 2 spiro atoms. The fourth-order valence-corrected chi connectivity index (χ4v) is 5.91. The predicted molar refractivity (Wildman–Crippen MR) is 145 cm³/mol. The lowest BCUT2D eigenvalue weighted by molar-refractivity contribution is -0.192. The monoisotopic (exact) mass is 615 g/mol. The van der Waals surface area contributed by atoms with Crippen LogP contribution in [0.1, 0.15) is 37.2 Å². The molecule has 4 aliphatic heterocycles. The van der Waals surface area contributed by atoms with Gasteiger partial charge in [0.2, 0.25) is 5.91 Å². The molecule has 1 aromatic carbocycles. The molecule has 5 rings (SSSR count). The Bertz CT molecular complexity index is 1150. The molecule has 3 N–H and O–H groups in total. The van der Waals surface area contributed by atoms with Crippen molar-refractivity contribution in [2.75, 3.05) is 59.2 Å². The van der Waals surface area contributed by atoms with E-state index in [1.807, 2.05) is 12.2 Å². The summed E-state index contributed by atoms with van der Waals surface area (Å²) >= 11 is 0. The summed E-state index contributed by atoms with van der Waals surface area (Å²) in [7, 11) is 0. The number of alkyl halides is 3. The number of ether oxygens (including phenoxy) is 3. The van der Waals surface area contributed by atoms with Gasteiger partial charge in [-0.1, -0.05) is 24.3 Å². The van der Waals surface area contributed by atoms with Crippen LogP contribution in [-0.4, -0.2) is 105 Å². The molecule has 0 radical (unpaired) electrons. The minimum Gasteiger partial charge on any atom is -0.475 e.